The van der Waals surface area contributed by atoms with Crippen molar-refractivity contribution in [2.24, 2.45) is 5.73 Å². The molecule has 0 aliphatic heterocycles. The van der Waals surface area contributed by atoms with Gasteiger partial charge in [-0.2, -0.15) is 0 Å². The number of aryl methyl sites for hydroxylation is 3. The summed E-state index contributed by atoms with van der Waals surface area (Å²) in [6.07, 6.45) is -0.342. The summed E-state index contributed by atoms with van der Waals surface area (Å²) < 4.78 is 0. The van der Waals surface area contributed by atoms with Crippen LogP contribution < -0.4 is 5.73 Å². The lowest BCUT2D eigenvalue weighted by Crippen LogP contribution is -2.33. The van der Waals surface area contributed by atoms with Crippen molar-refractivity contribution in [1.29, 1.82) is 0 Å². The van der Waals surface area contributed by atoms with E-state index in [0.29, 0.717) is 5.56 Å². The number of carboxylic acids is 1. The molecule has 0 aliphatic rings. The van der Waals surface area contributed by atoms with Crippen molar-refractivity contribution in [2.75, 3.05) is 0 Å². The number of hydrogen-bond donors (Lipinski definition) is 2. The van der Waals surface area contributed by atoms with Gasteiger partial charge < -0.3 is 10.8 Å². The van der Waals surface area contributed by atoms with Crippen LogP contribution in [0.3, 0.4) is 0 Å². The van der Waals surface area contributed by atoms with Crippen LogP contribution in [-0.4, -0.2) is 22.9 Å². The molecule has 4 heteroatoms. The second kappa shape index (κ2) is 5.10. The molecule has 1 atom stereocenters. The summed E-state index contributed by atoms with van der Waals surface area (Å²) in [5.74, 6) is -1.37. The number of carboxylic acid groups (broad SMARTS) is 1. The van der Waals surface area contributed by atoms with Crippen LogP contribution in [0.15, 0.2) is 12.1 Å². The van der Waals surface area contributed by atoms with E-state index in [1.165, 1.54) is 0 Å². The zero-order valence-electron chi connectivity index (χ0n) is 10.3. The van der Waals surface area contributed by atoms with Gasteiger partial charge in [-0.1, -0.05) is 17.7 Å². The largest absolute Gasteiger partial charge is 0.481 e. The van der Waals surface area contributed by atoms with E-state index in [1.807, 2.05) is 32.9 Å². The Morgan fingerprint density at radius 1 is 1.24 bits per heavy atom. The van der Waals surface area contributed by atoms with Crippen molar-refractivity contribution >= 4 is 11.8 Å². The Morgan fingerprint density at radius 2 is 1.71 bits per heavy atom. The highest BCUT2D eigenvalue weighted by atomic mass is 16.4. The SMILES string of the molecule is Cc1cc(C)c(C(=O)C(N)CC(=O)O)c(C)c1. The van der Waals surface area contributed by atoms with E-state index in [9.17, 15) is 9.59 Å². The molecule has 0 aromatic heterocycles. The number of nitrogens with two attached hydrogens (primary N) is 1. The van der Waals surface area contributed by atoms with Gasteiger partial charge in [0.25, 0.3) is 0 Å². The Kier molecular flexibility index (Phi) is 4.02. The molecule has 0 aliphatic carbocycles. The van der Waals surface area contributed by atoms with E-state index in [-0.39, 0.29) is 12.2 Å². The zero-order valence-corrected chi connectivity index (χ0v) is 10.3. The maximum atomic E-state index is 12.0. The summed E-state index contributed by atoms with van der Waals surface area (Å²) in [6, 6.07) is 2.81. The first kappa shape index (κ1) is 13.4. The normalized spacial score (nSPS) is 12.2. The number of benzene rings is 1. The Balaban J connectivity index is 3.08. The Labute approximate surface area is 100 Å². The third-order valence-corrected chi connectivity index (χ3v) is 2.65. The Hall–Kier alpha value is -1.68. The zero-order chi connectivity index (χ0) is 13.2. The first-order valence-corrected chi connectivity index (χ1v) is 5.42. The highest BCUT2D eigenvalue weighted by molar-refractivity contribution is 6.03. The lowest BCUT2D eigenvalue weighted by atomic mass is 9.92. The van der Waals surface area contributed by atoms with Gasteiger partial charge in [-0.25, -0.2) is 0 Å². The van der Waals surface area contributed by atoms with Crippen molar-refractivity contribution in [2.45, 2.75) is 33.2 Å². The predicted molar refractivity (Wildman–Crippen MR) is 65.2 cm³/mol. The van der Waals surface area contributed by atoms with E-state index >= 15 is 0 Å². The lowest BCUT2D eigenvalue weighted by molar-refractivity contribution is -0.137. The number of Topliss-reactive ketones (excluding diaryl/α,β-unsaturated/α-hetero) is 1. The maximum Gasteiger partial charge on any atom is 0.305 e. The van der Waals surface area contributed by atoms with Gasteiger partial charge in [0.1, 0.15) is 0 Å². The van der Waals surface area contributed by atoms with E-state index in [4.69, 9.17) is 10.8 Å². The maximum absolute atomic E-state index is 12.0. The molecule has 0 spiro atoms. The minimum Gasteiger partial charge on any atom is -0.481 e. The van der Waals surface area contributed by atoms with Crippen molar-refractivity contribution in [3.63, 3.8) is 0 Å². The fourth-order valence-corrected chi connectivity index (χ4v) is 2.03. The molecule has 1 aromatic rings. The molecule has 0 radical (unpaired) electrons. The molecule has 0 fully saturated rings. The summed E-state index contributed by atoms with van der Waals surface area (Å²) in [7, 11) is 0. The van der Waals surface area contributed by atoms with Gasteiger partial charge in [-0.3, -0.25) is 9.59 Å². The van der Waals surface area contributed by atoms with Crippen LogP contribution >= 0.6 is 0 Å². The van der Waals surface area contributed by atoms with E-state index in [0.717, 1.165) is 16.7 Å². The van der Waals surface area contributed by atoms with Crippen LogP contribution in [0.2, 0.25) is 0 Å². The lowest BCUT2D eigenvalue weighted by Gasteiger charge is -2.13. The number of carbonyl (C=O) groups is 2. The highest BCUT2D eigenvalue weighted by Gasteiger charge is 2.21. The molecule has 4 nitrogen and oxygen atoms in total. The molecule has 0 amide bonds. The Bertz CT molecular complexity index is 443. The number of carbonyl (C=O) groups excluding carboxylic acids is 1. The third kappa shape index (κ3) is 3.14. The van der Waals surface area contributed by atoms with Crippen LogP contribution in [0.5, 0.6) is 0 Å². The molecule has 92 valence electrons. The predicted octanol–water partition coefficient (Wildman–Crippen LogP) is 1.60. The van der Waals surface area contributed by atoms with Gasteiger partial charge in [0.15, 0.2) is 5.78 Å². The number of aliphatic carboxylic acids is 1. The minimum atomic E-state index is -1.06. The second-order valence-electron chi connectivity index (χ2n) is 4.34. The first-order valence-electron chi connectivity index (χ1n) is 5.42. The molecule has 1 unspecified atom stereocenters. The summed E-state index contributed by atoms with van der Waals surface area (Å²) in [5, 5.41) is 8.63. The topological polar surface area (TPSA) is 80.4 Å². The number of rotatable bonds is 4. The molecule has 1 rings (SSSR count). The summed E-state index contributed by atoms with van der Waals surface area (Å²) >= 11 is 0. The first-order chi connectivity index (χ1) is 7.82. The standard InChI is InChI=1S/C13H17NO3/c1-7-4-8(2)12(9(3)5-7)13(17)10(14)6-11(15)16/h4-5,10H,6,14H2,1-3H3,(H,15,16). The third-order valence-electron chi connectivity index (χ3n) is 2.65. The summed E-state index contributed by atoms with van der Waals surface area (Å²) in [6.45, 7) is 5.62. The van der Waals surface area contributed by atoms with Gasteiger partial charge >= 0.3 is 5.97 Å². The van der Waals surface area contributed by atoms with Crippen LogP contribution in [-0.2, 0) is 4.79 Å². The van der Waals surface area contributed by atoms with Crippen molar-refractivity contribution < 1.29 is 14.7 Å². The monoisotopic (exact) mass is 235 g/mol. The van der Waals surface area contributed by atoms with E-state index in [2.05, 4.69) is 0 Å². The number of hydrogen-bond acceptors (Lipinski definition) is 3. The second-order valence-corrected chi connectivity index (χ2v) is 4.34. The van der Waals surface area contributed by atoms with Gasteiger partial charge in [0.2, 0.25) is 0 Å². The molecule has 0 saturated heterocycles. The van der Waals surface area contributed by atoms with Gasteiger partial charge in [0.05, 0.1) is 12.5 Å². The van der Waals surface area contributed by atoms with Gasteiger partial charge in [-0.15, -0.1) is 0 Å². The van der Waals surface area contributed by atoms with Gasteiger partial charge in [0, 0.05) is 5.56 Å². The smallest absolute Gasteiger partial charge is 0.305 e. The molecular weight excluding hydrogens is 218 g/mol. The molecule has 0 bridgehead atoms. The van der Waals surface area contributed by atoms with E-state index in [1.54, 1.807) is 0 Å². The molecular formula is C13H17NO3. The Morgan fingerprint density at radius 3 is 2.12 bits per heavy atom. The fraction of sp³-hybridized carbons (Fsp3) is 0.385. The quantitative estimate of drug-likeness (QED) is 0.777. The van der Waals surface area contributed by atoms with Crippen LogP contribution in [0.1, 0.15) is 33.5 Å². The molecule has 3 N–H and O–H groups in total. The summed E-state index contributed by atoms with van der Waals surface area (Å²) in [5.41, 5.74) is 8.90. The average molecular weight is 235 g/mol. The van der Waals surface area contributed by atoms with Crippen LogP contribution in [0, 0.1) is 20.8 Å². The molecule has 0 heterocycles. The highest BCUT2D eigenvalue weighted by Crippen LogP contribution is 2.18. The van der Waals surface area contributed by atoms with Gasteiger partial charge in [-0.05, 0) is 31.9 Å². The minimum absolute atomic E-state index is 0.303. The van der Waals surface area contributed by atoms with Crippen molar-refractivity contribution in [3.8, 4) is 0 Å². The van der Waals surface area contributed by atoms with E-state index < -0.39 is 12.0 Å². The fourth-order valence-electron chi connectivity index (χ4n) is 2.03. The van der Waals surface area contributed by atoms with Crippen molar-refractivity contribution in [3.05, 3.63) is 34.4 Å². The number of ketones is 1. The van der Waals surface area contributed by atoms with Crippen LogP contribution in [0.4, 0.5) is 0 Å². The molecule has 1 aromatic carbocycles. The van der Waals surface area contributed by atoms with Crippen molar-refractivity contribution in [1.82, 2.24) is 0 Å². The van der Waals surface area contributed by atoms with Crippen LogP contribution in [0.25, 0.3) is 0 Å². The average Bonchev–Trinajstić information content (AvgIpc) is 2.14. The molecule has 0 saturated carbocycles. The summed E-state index contributed by atoms with van der Waals surface area (Å²) in [4.78, 5) is 22.6. The molecule has 17 heavy (non-hydrogen) atoms.